The lowest BCUT2D eigenvalue weighted by Crippen LogP contribution is -2.42. The smallest absolute Gasteiger partial charge is 0.251 e. The second-order valence-corrected chi connectivity index (χ2v) is 5.99. The van der Waals surface area contributed by atoms with Crippen molar-refractivity contribution in [2.24, 2.45) is 0 Å². The molecule has 2 saturated heterocycles. The van der Waals surface area contributed by atoms with Crippen LogP contribution in [0.1, 0.15) is 29.6 Å². The average molecular weight is 291 g/mol. The van der Waals surface area contributed by atoms with E-state index in [2.05, 4.69) is 15.6 Å². The van der Waals surface area contributed by atoms with Crippen molar-refractivity contribution in [3.05, 3.63) is 35.2 Å². The van der Waals surface area contributed by atoms with Crippen molar-refractivity contribution in [1.82, 2.24) is 20.0 Å². The summed E-state index contributed by atoms with van der Waals surface area (Å²) in [6, 6.07) is 4.83. The zero-order valence-corrected chi connectivity index (χ0v) is 11.6. The zero-order chi connectivity index (χ0) is 13.7. The SMILES string of the molecule is O=C(N[C@@H]1C[C@H]2CC[C@@H]1N2)c1ccn2cc(Cl)nc2c1. The quantitative estimate of drug-likeness (QED) is 0.883. The summed E-state index contributed by atoms with van der Waals surface area (Å²) in [5, 5.41) is 7.08. The minimum atomic E-state index is -0.0361. The summed E-state index contributed by atoms with van der Waals surface area (Å²) in [7, 11) is 0. The van der Waals surface area contributed by atoms with E-state index in [4.69, 9.17) is 11.6 Å². The summed E-state index contributed by atoms with van der Waals surface area (Å²) in [4.78, 5) is 16.5. The van der Waals surface area contributed by atoms with Gasteiger partial charge in [0.2, 0.25) is 0 Å². The number of amides is 1. The Hall–Kier alpha value is -1.59. The van der Waals surface area contributed by atoms with Gasteiger partial charge in [0.25, 0.3) is 5.91 Å². The summed E-state index contributed by atoms with van der Waals surface area (Å²) < 4.78 is 1.80. The molecule has 0 spiro atoms. The molecule has 5 nitrogen and oxygen atoms in total. The lowest BCUT2D eigenvalue weighted by molar-refractivity contribution is 0.0931. The monoisotopic (exact) mass is 290 g/mol. The first-order valence-corrected chi connectivity index (χ1v) is 7.28. The number of imidazole rings is 1. The molecule has 0 aromatic carbocycles. The van der Waals surface area contributed by atoms with Crippen molar-refractivity contribution in [3.8, 4) is 0 Å². The molecule has 2 N–H and O–H groups in total. The highest BCUT2D eigenvalue weighted by molar-refractivity contribution is 6.29. The number of pyridine rings is 1. The molecule has 0 saturated carbocycles. The van der Waals surface area contributed by atoms with Gasteiger partial charge in [-0.15, -0.1) is 0 Å². The average Bonchev–Trinajstić information content (AvgIpc) is 3.10. The van der Waals surface area contributed by atoms with Gasteiger partial charge in [-0.05, 0) is 31.4 Å². The Labute approximate surface area is 121 Å². The molecule has 4 heterocycles. The Morgan fingerprint density at radius 1 is 1.50 bits per heavy atom. The van der Waals surface area contributed by atoms with Crippen molar-refractivity contribution in [1.29, 1.82) is 0 Å². The first kappa shape index (κ1) is 12.2. The topological polar surface area (TPSA) is 58.4 Å². The van der Waals surface area contributed by atoms with Crippen LogP contribution in [0.3, 0.4) is 0 Å². The first-order chi connectivity index (χ1) is 9.69. The number of carbonyl (C=O) groups is 1. The molecule has 2 aromatic heterocycles. The molecule has 20 heavy (non-hydrogen) atoms. The fourth-order valence-electron chi connectivity index (χ4n) is 3.33. The van der Waals surface area contributed by atoms with Gasteiger partial charge in [0.05, 0.1) is 0 Å². The maximum Gasteiger partial charge on any atom is 0.251 e. The van der Waals surface area contributed by atoms with Crippen molar-refractivity contribution >= 4 is 23.2 Å². The lowest BCUT2D eigenvalue weighted by Gasteiger charge is -2.21. The third-order valence-electron chi connectivity index (χ3n) is 4.31. The molecule has 4 rings (SSSR count). The van der Waals surface area contributed by atoms with Gasteiger partial charge in [0.15, 0.2) is 0 Å². The molecule has 0 aliphatic carbocycles. The van der Waals surface area contributed by atoms with Crippen LogP contribution in [0.25, 0.3) is 5.65 Å². The molecule has 2 aliphatic rings. The zero-order valence-electron chi connectivity index (χ0n) is 10.8. The fraction of sp³-hybridized carbons (Fsp3) is 0.429. The summed E-state index contributed by atoms with van der Waals surface area (Å²) in [6.45, 7) is 0. The predicted octanol–water partition coefficient (Wildman–Crippen LogP) is 1.61. The van der Waals surface area contributed by atoms with Gasteiger partial charge in [-0.3, -0.25) is 4.79 Å². The number of nitrogens with zero attached hydrogens (tertiary/aromatic N) is 2. The molecule has 6 heteroatoms. The van der Waals surface area contributed by atoms with Crippen LogP contribution in [-0.4, -0.2) is 33.4 Å². The van der Waals surface area contributed by atoms with Crippen LogP contribution in [0.15, 0.2) is 24.5 Å². The number of halogens is 1. The Morgan fingerprint density at radius 2 is 2.40 bits per heavy atom. The Kier molecular flexibility index (Phi) is 2.72. The number of hydrogen-bond acceptors (Lipinski definition) is 3. The number of rotatable bonds is 2. The second kappa shape index (κ2) is 4.46. The van der Waals surface area contributed by atoms with E-state index in [-0.39, 0.29) is 11.9 Å². The minimum Gasteiger partial charge on any atom is -0.348 e. The van der Waals surface area contributed by atoms with E-state index in [1.165, 1.54) is 6.42 Å². The highest BCUT2D eigenvalue weighted by atomic mass is 35.5. The predicted molar refractivity (Wildman–Crippen MR) is 76.0 cm³/mol. The third-order valence-corrected chi connectivity index (χ3v) is 4.49. The molecule has 0 unspecified atom stereocenters. The van der Waals surface area contributed by atoms with Crippen molar-refractivity contribution in [2.45, 2.75) is 37.4 Å². The maximum atomic E-state index is 12.3. The highest BCUT2D eigenvalue weighted by Crippen LogP contribution is 2.28. The molecule has 2 aromatic rings. The second-order valence-electron chi connectivity index (χ2n) is 5.61. The van der Waals surface area contributed by atoms with Gasteiger partial charge in [-0.2, -0.15) is 0 Å². The normalized spacial score (nSPS) is 28.1. The van der Waals surface area contributed by atoms with Gasteiger partial charge in [-0.1, -0.05) is 11.6 Å². The van der Waals surface area contributed by atoms with Crippen LogP contribution < -0.4 is 10.6 Å². The summed E-state index contributed by atoms with van der Waals surface area (Å²) in [5.74, 6) is -0.0361. The fourth-order valence-corrected chi connectivity index (χ4v) is 3.52. The van der Waals surface area contributed by atoms with Crippen molar-refractivity contribution in [3.63, 3.8) is 0 Å². The van der Waals surface area contributed by atoms with Crippen LogP contribution in [0.4, 0.5) is 0 Å². The lowest BCUT2D eigenvalue weighted by atomic mass is 9.95. The van der Waals surface area contributed by atoms with E-state index in [9.17, 15) is 4.79 Å². The van der Waals surface area contributed by atoms with Gasteiger partial charge in [0, 0.05) is 36.1 Å². The van der Waals surface area contributed by atoms with Crippen LogP contribution >= 0.6 is 11.6 Å². The summed E-state index contributed by atoms with van der Waals surface area (Å²) in [6.07, 6.45) is 6.95. The molecule has 104 valence electrons. The summed E-state index contributed by atoms with van der Waals surface area (Å²) >= 11 is 5.85. The van der Waals surface area contributed by atoms with E-state index in [1.807, 2.05) is 6.20 Å². The molecule has 3 atom stereocenters. The number of aromatic nitrogens is 2. The van der Waals surface area contributed by atoms with Crippen molar-refractivity contribution in [2.75, 3.05) is 0 Å². The van der Waals surface area contributed by atoms with E-state index < -0.39 is 0 Å². The Bertz CT molecular complexity index is 683. The molecule has 1 amide bonds. The van der Waals surface area contributed by atoms with Crippen molar-refractivity contribution < 1.29 is 4.79 Å². The Balaban J connectivity index is 1.54. The number of fused-ring (bicyclic) bond motifs is 3. The van der Waals surface area contributed by atoms with E-state index >= 15 is 0 Å². The van der Waals surface area contributed by atoms with Crippen LogP contribution in [0.2, 0.25) is 5.15 Å². The highest BCUT2D eigenvalue weighted by Gasteiger charge is 2.39. The van der Waals surface area contributed by atoms with E-state index in [0.29, 0.717) is 28.4 Å². The number of nitrogens with one attached hydrogen (secondary N) is 2. The van der Waals surface area contributed by atoms with Crippen LogP contribution in [-0.2, 0) is 0 Å². The Morgan fingerprint density at radius 3 is 3.15 bits per heavy atom. The van der Waals surface area contributed by atoms with Gasteiger partial charge in [-0.25, -0.2) is 4.98 Å². The van der Waals surface area contributed by atoms with E-state index in [1.54, 1.807) is 22.7 Å². The molecule has 2 aliphatic heterocycles. The molecular weight excluding hydrogens is 276 g/mol. The number of carbonyl (C=O) groups excluding carboxylic acids is 1. The largest absolute Gasteiger partial charge is 0.348 e. The van der Waals surface area contributed by atoms with Crippen LogP contribution in [0, 0.1) is 0 Å². The van der Waals surface area contributed by atoms with Gasteiger partial charge < -0.3 is 15.0 Å². The molecule has 2 bridgehead atoms. The molecule has 2 fully saturated rings. The number of hydrogen-bond donors (Lipinski definition) is 2. The standard InChI is InChI=1S/C14H15ClN4O/c15-12-7-19-4-3-8(5-13(19)18-12)14(20)17-11-6-9-1-2-10(11)16-9/h3-5,7,9-11,16H,1-2,6H2,(H,17,20)/t9-,10+,11-/m1/s1. The maximum absolute atomic E-state index is 12.3. The van der Waals surface area contributed by atoms with Gasteiger partial charge >= 0.3 is 0 Å². The summed E-state index contributed by atoms with van der Waals surface area (Å²) in [5.41, 5.74) is 1.32. The third kappa shape index (κ3) is 1.98. The van der Waals surface area contributed by atoms with Gasteiger partial charge in [0.1, 0.15) is 10.8 Å². The van der Waals surface area contributed by atoms with Crippen LogP contribution in [0.5, 0.6) is 0 Å². The van der Waals surface area contributed by atoms with E-state index in [0.717, 1.165) is 12.8 Å². The molecular formula is C14H15ClN4O. The first-order valence-electron chi connectivity index (χ1n) is 6.90. The molecule has 0 radical (unpaired) electrons. The minimum absolute atomic E-state index is 0.0361.